The van der Waals surface area contributed by atoms with E-state index in [1.54, 1.807) is 6.07 Å². The molecule has 0 unspecified atom stereocenters. The fraction of sp³-hybridized carbons (Fsp3) is 0.333. The molecule has 1 amide bonds. The number of hydrogen-bond acceptors (Lipinski definition) is 7. The summed E-state index contributed by atoms with van der Waals surface area (Å²) in [7, 11) is 1.23. The molecule has 0 radical (unpaired) electrons. The van der Waals surface area contributed by atoms with Crippen molar-refractivity contribution in [3.05, 3.63) is 57.8 Å². The zero-order valence-corrected chi connectivity index (χ0v) is 17.1. The molecule has 0 aliphatic rings. The van der Waals surface area contributed by atoms with Crippen LogP contribution in [0.1, 0.15) is 33.0 Å². The average molecular weight is 417 g/mol. The van der Waals surface area contributed by atoms with Gasteiger partial charge in [0.05, 0.1) is 18.4 Å². The summed E-state index contributed by atoms with van der Waals surface area (Å²) in [5.74, 6) is -2.01. The molecule has 8 heteroatoms. The SMILES string of the molecule is COC(=O)[C@@H](Cc1ccccc1)NC(=O)COC(=O)CCC(=O)c1ccc(C)s1. The molecule has 0 saturated heterocycles. The number of thiophene rings is 1. The van der Waals surface area contributed by atoms with Gasteiger partial charge >= 0.3 is 11.9 Å². The maximum Gasteiger partial charge on any atom is 0.328 e. The number of benzene rings is 1. The van der Waals surface area contributed by atoms with Crippen molar-refractivity contribution in [3.8, 4) is 0 Å². The van der Waals surface area contributed by atoms with Crippen molar-refractivity contribution in [1.29, 1.82) is 0 Å². The fourth-order valence-electron chi connectivity index (χ4n) is 2.56. The van der Waals surface area contributed by atoms with Crippen LogP contribution in [0.15, 0.2) is 42.5 Å². The highest BCUT2D eigenvalue weighted by Crippen LogP contribution is 2.17. The molecule has 0 bridgehead atoms. The van der Waals surface area contributed by atoms with Gasteiger partial charge in [-0.2, -0.15) is 0 Å². The molecule has 29 heavy (non-hydrogen) atoms. The maximum absolute atomic E-state index is 12.1. The molecule has 1 atom stereocenters. The van der Waals surface area contributed by atoms with E-state index in [-0.39, 0.29) is 25.0 Å². The number of nitrogens with one attached hydrogen (secondary N) is 1. The summed E-state index contributed by atoms with van der Waals surface area (Å²) < 4.78 is 9.63. The van der Waals surface area contributed by atoms with Crippen molar-refractivity contribution in [2.24, 2.45) is 0 Å². The van der Waals surface area contributed by atoms with E-state index in [4.69, 9.17) is 9.47 Å². The molecular formula is C21H23NO6S. The third-order valence-electron chi connectivity index (χ3n) is 4.04. The molecule has 0 spiro atoms. The summed E-state index contributed by atoms with van der Waals surface area (Å²) in [4.78, 5) is 49.4. The van der Waals surface area contributed by atoms with Crippen molar-refractivity contribution < 1.29 is 28.7 Å². The van der Waals surface area contributed by atoms with Crippen LogP contribution in [0.4, 0.5) is 0 Å². The molecular weight excluding hydrogens is 394 g/mol. The number of hydrogen-bond donors (Lipinski definition) is 1. The molecule has 2 aromatic rings. The lowest BCUT2D eigenvalue weighted by Crippen LogP contribution is -2.44. The standard InChI is InChI=1S/C21H23NO6S/c1-14-8-10-18(29-14)17(23)9-11-20(25)28-13-19(24)22-16(21(26)27-2)12-15-6-4-3-5-7-15/h3-8,10,16H,9,11-13H2,1-2H3,(H,22,24)/t16-/m1/s1. The predicted octanol–water partition coefficient (Wildman–Crippen LogP) is 2.46. The highest BCUT2D eigenvalue weighted by atomic mass is 32.1. The minimum absolute atomic E-state index is 0.0131. The van der Waals surface area contributed by atoms with E-state index in [0.29, 0.717) is 4.88 Å². The summed E-state index contributed by atoms with van der Waals surface area (Å²) in [6, 6.07) is 11.8. The van der Waals surface area contributed by atoms with Crippen LogP contribution in [0.25, 0.3) is 0 Å². The van der Waals surface area contributed by atoms with Crippen LogP contribution < -0.4 is 5.32 Å². The molecule has 1 aromatic carbocycles. The third-order valence-corrected chi connectivity index (χ3v) is 5.08. The van der Waals surface area contributed by atoms with Crippen LogP contribution in [-0.4, -0.2) is 43.4 Å². The Morgan fingerprint density at radius 3 is 2.38 bits per heavy atom. The first kappa shape index (κ1) is 22.3. The lowest BCUT2D eigenvalue weighted by molar-refractivity contribution is -0.150. The van der Waals surface area contributed by atoms with Crippen LogP contribution in [0.3, 0.4) is 0 Å². The highest BCUT2D eigenvalue weighted by Gasteiger charge is 2.22. The van der Waals surface area contributed by atoms with Gasteiger partial charge in [-0.25, -0.2) is 4.79 Å². The van der Waals surface area contributed by atoms with Crippen molar-refractivity contribution in [2.45, 2.75) is 32.2 Å². The Morgan fingerprint density at radius 1 is 1.03 bits per heavy atom. The summed E-state index contributed by atoms with van der Waals surface area (Å²) in [6.07, 6.45) is 0.147. The maximum atomic E-state index is 12.1. The topological polar surface area (TPSA) is 98.8 Å². The van der Waals surface area contributed by atoms with Crippen LogP contribution in [0.2, 0.25) is 0 Å². The summed E-state index contributed by atoms with van der Waals surface area (Å²) in [5.41, 5.74) is 0.850. The van der Waals surface area contributed by atoms with E-state index >= 15 is 0 Å². The number of aryl methyl sites for hydroxylation is 1. The minimum Gasteiger partial charge on any atom is -0.467 e. The summed E-state index contributed by atoms with van der Waals surface area (Å²) in [5, 5.41) is 2.51. The van der Waals surface area contributed by atoms with Crippen molar-refractivity contribution in [2.75, 3.05) is 13.7 Å². The second-order valence-electron chi connectivity index (χ2n) is 6.33. The molecule has 0 aliphatic heterocycles. The van der Waals surface area contributed by atoms with Gasteiger partial charge in [-0.05, 0) is 24.6 Å². The number of esters is 2. The second-order valence-corrected chi connectivity index (χ2v) is 7.62. The second kappa shape index (κ2) is 11.1. The van der Waals surface area contributed by atoms with Crippen molar-refractivity contribution >= 4 is 35.0 Å². The van der Waals surface area contributed by atoms with Gasteiger partial charge in [0.15, 0.2) is 12.4 Å². The molecule has 0 saturated carbocycles. The normalized spacial score (nSPS) is 11.4. The van der Waals surface area contributed by atoms with Crippen LogP contribution in [0.5, 0.6) is 0 Å². The molecule has 7 nitrogen and oxygen atoms in total. The summed E-state index contributed by atoms with van der Waals surface area (Å²) >= 11 is 1.37. The van der Waals surface area contributed by atoms with E-state index in [9.17, 15) is 19.2 Å². The first-order valence-electron chi connectivity index (χ1n) is 9.05. The van der Waals surface area contributed by atoms with Crippen LogP contribution in [0, 0.1) is 6.92 Å². The monoisotopic (exact) mass is 417 g/mol. The Hall–Kier alpha value is -3.00. The number of carbonyl (C=O) groups is 4. The molecule has 1 heterocycles. The van der Waals surface area contributed by atoms with Gasteiger partial charge in [0.1, 0.15) is 6.04 Å². The zero-order valence-electron chi connectivity index (χ0n) is 16.3. The summed E-state index contributed by atoms with van der Waals surface area (Å²) in [6.45, 7) is 1.36. The van der Waals surface area contributed by atoms with Gasteiger partial charge in [-0.1, -0.05) is 30.3 Å². The number of Topliss-reactive ketones (excluding diaryl/α,β-unsaturated/α-hetero) is 1. The van der Waals surface area contributed by atoms with Gasteiger partial charge < -0.3 is 14.8 Å². The largest absolute Gasteiger partial charge is 0.467 e. The predicted molar refractivity (Wildman–Crippen MR) is 108 cm³/mol. The Bertz CT molecular complexity index is 861. The highest BCUT2D eigenvalue weighted by molar-refractivity contribution is 7.14. The molecule has 0 fully saturated rings. The molecule has 1 N–H and O–H groups in total. The number of methoxy groups -OCH3 is 1. The number of ketones is 1. The number of rotatable bonds is 10. The lowest BCUT2D eigenvalue weighted by Gasteiger charge is -2.16. The van der Waals surface area contributed by atoms with Crippen LogP contribution in [-0.2, 0) is 30.3 Å². The third kappa shape index (κ3) is 7.50. The number of ether oxygens (including phenoxy) is 2. The van der Waals surface area contributed by atoms with E-state index in [2.05, 4.69) is 5.32 Å². The van der Waals surface area contributed by atoms with E-state index < -0.39 is 30.5 Å². The van der Waals surface area contributed by atoms with Gasteiger partial charge in [-0.15, -0.1) is 11.3 Å². The quantitative estimate of drug-likeness (QED) is 0.471. The van der Waals surface area contributed by atoms with Gasteiger partial charge in [0.2, 0.25) is 0 Å². The lowest BCUT2D eigenvalue weighted by atomic mass is 10.1. The van der Waals surface area contributed by atoms with Crippen molar-refractivity contribution in [1.82, 2.24) is 5.32 Å². The Balaban J connectivity index is 1.78. The minimum atomic E-state index is -0.891. The van der Waals surface area contributed by atoms with Crippen molar-refractivity contribution in [3.63, 3.8) is 0 Å². The number of amides is 1. The van der Waals surface area contributed by atoms with Gasteiger partial charge in [-0.3, -0.25) is 14.4 Å². The fourth-order valence-corrected chi connectivity index (χ4v) is 3.40. The zero-order chi connectivity index (χ0) is 21.2. The molecule has 154 valence electrons. The first-order valence-corrected chi connectivity index (χ1v) is 9.87. The Labute approximate surface area is 173 Å². The van der Waals surface area contributed by atoms with E-state index in [0.717, 1.165) is 10.4 Å². The van der Waals surface area contributed by atoms with Crippen LogP contribution >= 0.6 is 11.3 Å². The van der Waals surface area contributed by atoms with Gasteiger partial charge in [0.25, 0.3) is 5.91 Å². The Morgan fingerprint density at radius 2 is 1.76 bits per heavy atom. The molecule has 1 aromatic heterocycles. The average Bonchev–Trinajstić information content (AvgIpc) is 3.16. The molecule has 0 aliphatic carbocycles. The van der Waals surface area contributed by atoms with Gasteiger partial charge in [0, 0.05) is 17.7 Å². The van der Waals surface area contributed by atoms with E-state index in [1.165, 1.54) is 18.4 Å². The first-order chi connectivity index (χ1) is 13.9. The number of carbonyl (C=O) groups excluding carboxylic acids is 4. The smallest absolute Gasteiger partial charge is 0.328 e. The molecule has 2 rings (SSSR count). The van der Waals surface area contributed by atoms with E-state index in [1.807, 2.05) is 43.3 Å². The Kier molecular flexibility index (Phi) is 8.54.